The number of hydrogen-bond donors (Lipinski definition) is 1. The van der Waals surface area contributed by atoms with Crippen molar-refractivity contribution in [3.63, 3.8) is 0 Å². The van der Waals surface area contributed by atoms with Crippen LogP contribution >= 0.6 is 0 Å². The molecule has 0 radical (unpaired) electrons. The van der Waals surface area contributed by atoms with Crippen LogP contribution in [0.25, 0.3) is 11.0 Å². The number of ether oxygens (including phenoxy) is 2. The molecule has 3 fully saturated rings. The maximum absolute atomic E-state index is 12.7. The molecule has 7 heteroatoms. The molecule has 5 rings (SSSR count). The van der Waals surface area contributed by atoms with Crippen LogP contribution in [0, 0.1) is 11.8 Å². The van der Waals surface area contributed by atoms with Crippen LogP contribution in [0.15, 0.2) is 34.9 Å². The van der Waals surface area contributed by atoms with Crippen LogP contribution in [0.4, 0.5) is 0 Å². The molecule has 1 saturated carbocycles. The van der Waals surface area contributed by atoms with Gasteiger partial charge in [-0.05, 0) is 95.3 Å². The molecule has 1 aromatic heterocycles. The van der Waals surface area contributed by atoms with Gasteiger partial charge in [0.15, 0.2) is 5.60 Å². The van der Waals surface area contributed by atoms with Crippen molar-refractivity contribution in [2.24, 2.45) is 17.6 Å². The summed E-state index contributed by atoms with van der Waals surface area (Å²) in [4.78, 5) is 27.5. The number of likely N-dealkylation sites (tertiary alicyclic amines) is 1. The van der Waals surface area contributed by atoms with Crippen LogP contribution in [0.2, 0.25) is 0 Å². The average molecular weight is 483 g/mol. The number of hydrogen-bond acceptors (Lipinski definition) is 6. The van der Waals surface area contributed by atoms with Crippen molar-refractivity contribution in [1.82, 2.24) is 4.90 Å². The lowest BCUT2D eigenvalue weighted by Gasteiger charge is -2.39. The number of esters is 1. The first-order valence-electron chi connectivity index (χ1n) is 13.3. The van der Waals surface area contributed by atoms with Gasteiger partial charge in [-0.1, -0.05) is 18.2 Å². The van der Waals surface area contributed by atoms with Crippen LogP contribution in [-0.2, 0) is 19.1 Å². The number of nitrogens with zero attached hydrogens (tertiary/aromatic N) is 1. The number of rotatable bonds is 7. The van der Waals surface area contributed by atoms with Crippen molar-refractivity contribution in [2.75, 3.05) is 32.8 Å². The van der Waals surface area contributed by atoms with E-state index in [-0.39, 0.29) is 11.9 Å². The molecule has 7 nitrogen and oxygen atoms in total. The number of nitrogens with two attached hydrogens (primary N) is 1. The Morgan fingerprint density at radius 3 is 2.57 bits per heavy atom. The second-order valence-corrected chi connectivity index (χ2v) is 10.7. The predicted octanol–water partition coefficient (Wildman–Crippen LogP) is 4.39. The van der Waals surface area contributed by atoms with Crippen LogP contribution in [-0.4, -0.2) is 55.2 Å². The van der Waals surface area contributed by atoms with E-state index in [1.165, 1.54) is 10.9 Å². The molecular formula is C28H38N2O5. The standard InChI is InChI=1S/C28H38N2O5/c29-27(32)28(35-26(31)22-4-3-17-33-18-22)12-7-20(8-13-28)9-14-30-15-10-21(11-16-30)24-19-34-25-6-2-1-5-23(24)25/h1-2,5-6,19-22H,3-4,7-18H2,(H2,29,32). The van der Waals surface area contributed by atoms with Crippen LogP contribution < -0.4 is 5.73 Å². The maximum atomic E-state index is 12.7. The van der Waals surface area contributed by atoms with E-state index in [0.717, 1.165) is 70.2 Å². The third-order valence-corrected chi connectivity index (χ3v) is 8.54. The lowest BCUT2D eigenvalue weighted by Crippen LogP contribution is -2.51. The summed E-state index contributed by atoms with van der Waals surface area (Å²) < 4.78 is 17.0. The first-order valence-corrected chi connectivity index (χ1v) is 13.3. The van der Waals surface area contributed by atoms with Gasteiger partial charge in [0.2, 0.25) is 0 Å². The number of benzene rings is 1. The first kappa shape index (κ1) is 24.3. The minimum absolute atomic E-state index is 0.277. The fourth-order valence-electron chi connectivity index (χ4n) is 6.18. The molecule has 3 heterocycles. The predicted molar refractivity (Wildman–Crippen MR) is 133 cm³/mol. The number of fused-ring (bicyclic) bond motifs is 1. The van der Waals surface area contributed by atoms with E-state index in [9.17, 15) is 9.59 Å². The molecule has 0 bridgehead atoms. The topological polar surface area (TPSA) is 95.0 Å². The van der Waals surface area contributed by atoms with E-state index in [1.807, 2.05) is 18.4 Å². The Morgan fingerprint density at radius 1 is 1.09 bits per heavy atom. The summed E-state index contributed by atoms with van der Waals surface area (Å²) in [6.07, 6.45) is 9.77. The minimum atomic E-state index is -1.14. The van der Waals surface area contributed by atoms with Crippen molar-refractivity contribution < 1.29 is 23.5 Å². The smallest absolute Gasteiger partial charge is 0.312 e. The van der Waals surface area contributed by atoms with E-state index >= 15 is 0 Å². The minimum Gasteiger partial charge on any atom is -0.464 e. The largest absolute Gasteiger partial charge is 0.464 e. The number of carbonyl (C=O) groups excluding carboxylic acids is 2. The van der Waals surface area contributed by atoms with Gasteiger partial charge in [-0.3, -0.25) is 9.59 Å². The fraction of sp³-hybridized carbons (Fsp3) is 0.643. The van der Waals surface area contributed by atoms with Gasteiger partial charge in [-0.25, -0.2) is 0 Å². The molecule has 1 atom stereocenters. The first-order chi connectivity index (χ1) is 17.0. The molecular weight excluding hydrogens is 444 g/mol. The van der Waals surface area contributed by atoms with E-state index in [4.69, 9.17) is 19.6 Å². The molecule has 2 saturated heterocycles. The average Bonchev–Trinajstić information content (AvgIpc) is 3.33. The molecule has 0 spiro atoms. The molecule has 2 N–H and O–H groups in total. The summed E-state index contributed by atoms with van der Waals surface area (Å²) >= 11 is 0. The van der Waals surface area contributed by atoms with Gasteiger partial charge in [-0.15, -0.1) is 0 Å². The number of furan rings is 1. The zero-order valence-electron chi connectivity index (χ0n) is 20.6. The Balaban J connectivity index is 1.07. The van der Waals surface area contributed by atoms with E-state index < -0.39 is 11.5 Å². The SMILES string of the molecule is NC(=O)C1(OC(=O)C2CCCOC2)CCC(CCN2CCC(c3coc4ccccc34)CC2)CC1. The molecule has 1 unspecified atom stereocenters. The van der Waals surface area contributed by atoms with Crippen molar-refractivity contribution in [1.29, 1.82) is 0 Å². The second-order valence-electron chi connectivity index (χ2n) is 10.7. The van der Waals surface area contributed by atoms with E-state index in [1.54, 1.807) is 0 Å². The Bertz CT molecular complexity index is 1010. The third-order valence-electron chi connectivity index (χ3n) is 8.54. The second kappa shape index (κ2) is 10.7. The van der Waals surface area contributed by atoms with Gasteiger partial charge in [0.1, 0.15) is 5.58 Å². The van der Waals surface area contributed by atoms with Gasteiger partial charge < -0.3 is 24.5 Å². The van der Waals surface area contributed by atoms with Crippen LogP contribution in [0.5, 0.6) is 0 Å². The van der Waals surface area contributed by atoms with E-state index in [2.05, 4.69) is 17.0 Å². The van der Waals surface area contributed by atoms with Gasteiger partial charge in [0, 0.05) is 17.6 Å². The molecule has 35 heavy (non-hydrogen) atoms. The summed E-state index contributed by atoms with van der Waals surface area (Å²) in [6.45, 7) is 4.34. The van der Waals surface area contributed by atoms with Gasteiger partial charge in [0.05, 0.1) is 18.8 Å². The maximum Gasteiger partial charge on any atom is 0.312 e. The van der Waals surface area contributed by atoms with E-state index in [0.29, 0.717) is 37.9 Å². The summed E-state index contributed by atoms with van der Waals surface area (Å²) in [5, 5.41) is 1.25. The quantitative estimate of drug-likeness (QED) is 0.588. The Kier molecular flexibility index (Phi) is 7.44. The molecule has 2 aliphatic heterocycles. The molecule has 1 aromatic carbocycles. The Hall–Kier alpha value is -2.38. The fourth-order valence-corrected chi connectivity index (χ4v) is 6.18. The molecule has 1 amide bonds. The van der Waals surface area contributed by atoms with Crippen molar-refractivity contribution in [2.45, 2.75) is 69.3 Å². The molecule has 190 valence electrons. The highest BCUT2D eigenvalue weighted by Gasteiger charge is 2.45. The van der Waals surface area contributed by atoms with Crippen molar-refractivity contribution >= 4 is 22.8 Å². The molecule has 2 aromatic rings. The highest BCUT2D eigenvalue weighted by molar-refractivity contribution is 5.87. The number of para-hydroxylation sites is 1. The van der Waals surface area contributed by atoms with Gasteiger partial charge >= 0.3 is 5.97 Å². The van der Waals surface area contributed by atoms with Crippen molar-refractivity contribution in [3.8, 4) is 0 Å². The third kappa shape index (κ3) is 5.41. The lowest BCUT2D eigenvalue weighted by atomic mass is 9.76. The van der Waals surface area contributed by atoms with Crippen LogP contribution in [0.1, 0.15) is 69.3 Å². The van der Waals surface area contributed by atoms with Gasteiger partial charge in [0.25, 0.3) is 5.91 Å². The number of piperidine rings is 1. The Labute approximate surface area is 207 Å². The molecule has 3 aliphatic rings. The highest BCUT2D eigenvalue weighted by Crippen LogP contribution is 2.38. The van der Waals surface area contributed by atoms with Crippen LogP contribution in [0.3, 0.4) is 0 Å². The van der Waals surface area contributed by atoms with Gasteiger partial charge in [-0.2, -0.15) is 0 Å². The molecule has 1 aliphatic carbocycles. The zero-order chi connectivity index (χ0) is 24.3. The normalized spacial score (nSPS) is 28.7. The summed E-state index contributed by atoms with van der Waals surface area (Å²) in [6, 6.07) is 8.30. The summed E-state index contributed by atoms with van der Waals surface area (Å²) in [5.41, 5.74) is 6.93. The summed E-state index contributed by atoms with van der Waals surface area (Å²) in [5.74, 6) is -0.00879. The summed E-state index contributed by atoms with van der Waals surface area (Å²) in [7, 11) is 0. The Morgan fingerprint density at radius 2 is 1.86 bits per heavy atom. The number of amides is 1. The monoisotopic (exact) mass is 482 g/mol. The number of carbonyl (C=O) groups is 2. The zero-order valence-corrected chi connectivity index (χ0v) is 20.6. The number of primary amides is 1. The lowest BCUT2D eigenvalue weighted by molar-refractivity contribution is -0.179. The van der Waals surface area contributed by atoms with Crippen molar-refractivity contribution in [3.05, 3.63) is 36.1 Å². The highest BCUT2D eigenvalue weighted by atomic mass is 16.6.